The maximum absolute atomic E-state index is 12.0. The topological polar surface area (TPSA) is 112 Å². The van der Waals surface area contributed by atoms with E-state index >= 15 is 0 Å². The van der Waals surface area contributed by atoms with Crippen LogP contribution < -0.4 is 4.74 Å². The van der Waals surface area contributed by atoms with Crippen molar-refractivity contribution in [2.24, 2.45) is 5.92 Å². The van der Waals surface area contributed by atoms with E-state index in [0.29, 0.717) is 5.75 Å². The number of carbonyl (C=O) groups is 2. The maximum Gasteiger partial charge on any atom is 0.335 e. The second-order valence-electron chi connectivity index (χ2n) is 9.26. The molecule has 0 saturated heterocycles. The van der Waals surface area contributed by atoms with Crippen LogP contribution in [0.4, 0.5) is 0 Å². The first kappa shape index (κ1) is 30.9. The van der Waals surface area contributed by atoms with Crippen LogP contribution in [0.15, 0.2) is 72.4 Å². The minimum absolute atomic E-state index is 0.0557. The number of esters is 2. The molecule has 1 aromatic rings. The normalized spacial score (nSPS) is 14.7. The van der Waals surface area contributed by atoms with Gasteiger partial charge in [-0.2, -0.15) is 0 Å². The summed E-state index contributed by atoms with van der Waals surface area (Å²) < 4.78 is 21.8. The number of benzene rings is 1. The number of allylic oxidation sites excluding steroid dienone is 4. The number of hydrogen-bond donors (Lipinski definition) is 2. The van der Waals surface area contributed by atoms with E-state index in [4.69, 9.17) is 29.2 Å². The van der Waals surface area contributed by atoms with E-state index in [0.717, 1.165) is 30.6 Å². The molecule has 1 aromatic carbocycles. The molecule has 1 aliphatic rings. The van der Waals surface area contributed by atoms with Gasteiger partial charge in [0.2, 0.25) is 0 Å². The molecule has 0 bridgehead atoms. The van der Waals surface area contributed by atoms with Gasteiger partial charge in [-0.15, -0.1) is 0 Å². The molecule has 0 spiro atoms. The van der Waals surface area contributed by atoms with Gasteiger partial charge in [0, 0.05) is 6.42 Å². The van der Waals surface area contributed by atoms with E-state index < -0.39 is 30.4 Å². The van der Waals surface area contributed by atoms with Gasteiger partial charge in [-0.3, -0.25) is 4.79 Å². The highest BCUT2D eigenvalue weighted by Gasteiger charge is 2.20. The Labute approximate surface area is 225 Å². The van der Waals surface area contributed by atoms with Crippen molar-refractivity contribution in [3.05, 3.63) is 78.0 Å². The summed E-state index contributed by atoms with van der Waals surface area (Å²) >= 11 is 0. The molecule has 38 heavy (non-hydrogen) atoms. The number of rotatable bonds is 17. The molecule has 2 atom stereocenters. The largest absolute Gasteiger partial charge is 0.466 e. The first-order valence-corrected chi connectivity index (χ1v) is 13.1. The predicted octanol–water partition coefficient (Wildman–Crippen LogP) is 5.08. The molecule has 8 nitrogen and oxygen atoms in total. The highest BCUT2D eigenvalue weighted by Crippen LogP contribution is 2.24. The molecule has 2 unspecified atom stereocenters. The van der Waals surface area contributed by atoms with Crippen LogP contribution >= 0.6 is 0 Å². The Kier molecular flexibility index (Phi) is 14.0. The fourth-order valence-electron chi connectivity index (χ4n) is 3.59. The molecule has 2 N–H and O–H groups in total. The summed E-state index contributed by atoms with van der Waals surface area (Å²) in [4.78, 5) is 23.9. The Balaban J connectivity index is 1.92. The van der Waals surface area contributed by atoms with Crippen LogP contribution in [-0.4, -0.2) is 48.6 Å². The fourth-order valence-corrected chi connectivity index (χ4v) is 3.59. The Hall–Kier alpha value is -3.36. The van der Waals surface area contributed by atoms with Crippen LogP contribution in [0.3, 0.4) is 0 Å². The molecule has 0 aromatic heterocycles. The standard InChI is InChI=1S/C30H40O8/c1-4-5-6-7-24-8-12-27(13-9-24)35-16-17-36-28-14-10-25(11-15-28)26(20-37-29(33)22(2)18-31)21-38-30(34)23(3)19-32/h8,10-12,14-17,23,26,31-32H,2,4-7,9,13,18-21H2,1,3H3/b17-16-. The number of hydrogen-bond acceptors (Lipinski definition) is 8. The second kappa shape index (κ2) is 17.2. The van der Waals surface area contributed by atoms with Gasteiger partial charge in [0.25, 0.3) is 0 Å². The minimum Gasteiger partial charge on any atom is -0.466 e. The monoisotopic (exact) mass is 528 g/mol. The molecule has 0 fully saturated rings. The van der Waals surface area contributed by atoms with Crippen molar-refractivity contribution < 1.29 is 38.7 Å². The summed E-state index contributed by atoms with van der Waals surface area (Å²) in [6.07, 6.45) is 13.9. The van der Waals surface area contributed by atoms with Gasteiger partial charge >= 0.3 is 11.9 Å². The Morgan fingerprint density at radius 3 is 2.34 bits per heavy atom. The summed E-state index contributed by atoms with van der Waals surface area (Å²) in [5.41, 5.74) is 2.15. The van der Waals surface area contributed by atoms with Gasteiger partial charge in [0.1, 0.15) is 37.2 Å². The van der Waals surface area contributed by atoms with Crippen molar-refractivity contribution >= 4 is 11.9 Å². The van der Waals surface area contributed by atoms with E-state index in [1.54, 1.807) is 31.2 Å². The highest BCUT2D eigenvalue weighted by atomic mass is 16.5. The molecule has 0 heterocycles. The van der Waals surface area contributed by atoms with Crippen LogP contribution in [0, 0.1) is 5.92 Å². The van der Waals surface area contributed by atoms with Gasteiger partial charge in [0.15, 0.2) is 0 Å². The number of aliphatic hydroxyl groups excluding tert-OH is 2. The van der Waals surface area contributed by atoms with E-state index in [-0.39, 0.29) is 25.4 Å². The minimum atomic E-state index is -0.728. The van der Waals surface area contributed by atoms with Crippen LogP contribution in [0.1, 0.15) is 63.9 Å². The third-order valence-corrected chi connectivity index (χ3v) is 6.13. The first-order chi connectivity index (χ1) is 18.4. The molecule has 0 saturated carbocycles. The quantitative estimate of drug-likeness (QED) is 0.125. The van der Waals surface area contributed by atoms with E-state index in [1.807, 2.05) is 6.08 Å². The summed E-state index contributed by atoms with van der Waals surface area (Å²) in [5.74, 6) is -0.943. The number of aliphatic hydroxyl groups is 2. The zero-order chi connectivity index (χ0) is 27.8. The van der Waals surface area contributed by atoms with E-state index in [1.165, 1.54) is 37.4 Å². The Bertz CT molecular complexity index is 990. The zero-order valence-corrected chi connectivity index (χ0v) is 22.4. The lowest BCUT2D eigenvalue weighted by Crippen LogP contribution is -2.24. The molecule has 0 amide bonds. The summed E-state index contributed by atoms with van der Waals surface area (Å²) in [6, 6.07) is 7.04. The average molecular weight is 529 g/mol. The smallest absolute Gasteiger partial charge is 0.335 e. The van der Waals surface area contributed by atoms with Crippen molar-refractivity contribution in [2.45, 2.75) is 58.3 Å². The van der Waals surface area contributed by atoms with Crippen LogP contribution in [0.2, 0.25) is 0 Å². The van der Waals surface area contributed by atoms with Gasteiger partial charge in [-0.25, -0.2) is 4.79 Å². The maximum atomic E-state index is 12.0. The summed E-state index contributed by atoms with van der Waals surface area (Å²) in [7, 11) is 0. The average Bonchev–Trinajstić information content (AvgIpc) is 2.95. The first-order valence-electron chi connectivity index (χ1n) is 13.1. The van der Waals surface area contributed by atoms with Gasteiger partial charge in [-0.05, 0) is 50.0 Å². The van der Waals surface area contributed by atoms with E-state index in [2.05, 4.69) is 19.6 Å². The number of unbranched alkanes of at least 4 members (excludes halogenated alkanes) is 2. The third kappa shape index (κ3) is 10.9. The lowest BCUT2D eigenvalue weighted by atomic mass is 9.98. The van der Waals surface area contributed by atoms with Crippen molar-refractivity contribution in [1.29, 1.82) is 0 Å². The van der Waals surface area contributed by atoms with Crippen molar-refractivity contribution in [2.75, 3.05) is 26.4 Å². The lowest BCUT2D eigenvalue weighted by Gasteiger charge is -2.19. The Morgan fingerprint density at radius 2 is 1.71 bits per heavy atom. The molecule has 2 rings (SSSR count). The molecule has 208 valence electrons. The third-order valence-electron chi connectivity index (χ3n) is 6.13. The van der Waals surface area contributed by atoms with Crippen LogP contribution in [-0.2, 0) is 23.8 Å². The molecule has 1 aliphatic carbocycles. The molecule has 0 aliphatic heterocycles. The van der Waals surface area contributed by atoms with Crippen molar-refractivity contribution in [3.8, 4) is 5.75 Å². The van der Waals surface area contributed by atoms with Gasteiger partial charge < -0.3 is 29.2 Å². The van der Waals surface area contributed by atoms with Gasteiger partial charge in [0.05, 0.1) is 30.6 Å². The van der Waals surface area contributed by atoms with E-state index in [9.17, 15) is 9.59 Å². The highest BCUT2D eigenvalue weighted by molar-refractivity contribution is 5.87. The molecule has 0 radical (unpaired) electrons. The van der Waals surface area contributed by atoms with Crippen molar-refractivity contribution in [3.63, 3.8) is 0 Å². The Morgan fingerprint density at radius 1 is 1.00 bits per heavy atom. The number of carbonyl (C=O) groups excluding carboxylic acids is 2. The second-order valence-corrected chi connectivity index (χ2v) is 9.26. The molecule has 8 heteroatoms. The summed E-state index contributed by atoms with van der Waals surface area (Å²) in [6.45, 7) is 6.23. The molecular weight excluding hydrogens is 488 g/mol. The zero-order valence-electron chi connectivity index (χ0n) is 22.4. The van der Waals surface area contributed by atoms with Gasteiger partial charge in [-0.1, -0.05) is 50.1 Å². The fraction of sp³-hybridized carbons (Fsp3) is 0.467. The SMILES string of the molecule is C=C(CO)C(=O)OCC(COC(=O)C(C)CO)c1ccc(O/C=C\OC2=CC=C(CCCCC)CC2)cc1. The van der Waals surface area contributed by atoms with Crippen LogP contribution in [0.25, 0.3) is 0 Å². The molecular formula is C30H40O8. The summed E-state index contributed by atoms with van der Waals surface area (Å²) in [5, 5.41) is 18.2. The van der Waals surface area contributed by atoms with Crippen molar-refractivity contribution in [1.82, 2.24) is 0 Å². The lowest BCUT2D eigenvalue weighted by molar-refractivity contribution is -0.150. The predicted molar refractivity (Wildman–Crippen MR) is 144 cm³/mol. The van der Waals surface area contributed by atoms with Crippen LogP contribution in [0.5, 0.6) is 5.75 Å². The number of ether oxygens (including phenoxy) is 4.